The van der Waals surface area contributed by atoms with Gasteiger partial charge in [-0.15, -0.1) is 0 Å². The number of amides is 2. The molecule has 2 aromatic rings. The molecule has 0 unspecified atom stereocenters. The topological polar surface area (TPSA) is 49.4 Å². The molecular formula is C19H19BrN2O2. The summed E-state index contributed by atoms with van der Waals surface area (Å²) in [6.07, 6.45) is 0.239. The zero-order valence-electron chi connectivity index (χ0n) is 13.7. The fourth-order valence-electron chi connectivity index (χ4n) is 2.81. The molecule has 1 saturated heterocycles. The molecule has 1 aliphatic heterocycles. The molecule has 1 heterocycles. The highest BCUT2D eigenvalue weighted by Crippen LogP contribution is 2.28. The Morgan fingerprint density at radius 2 is 1.79 bits per heavy atom. The summed E-state index contributed by atoms with van der Waals surface area (Å²) in [6.45, 7) is 4.41. The van der Waals surface area contributed by atoms with Gasteiger partial charge in [-0.25, -0.2) is 0 Å². The van der Waals surface area contributed by atoms with Crippen molar-refractivity contribution in [1.29, 1.82) is 0 Å². The summed E-state index contributed by atoms with van der Waals surface area (Å²) in [5, 5.41) is 2.92. The summed E-state index contributed by atoms with van der Waals surface area (Å²) < 4.78 is 0.843. The lowest BCUT2D eigenvalue weighted by Gasteiger charge is -2.17. The second-order valence-electron chi connectivity index (χ2n) is 6.21. The maximum absolute atomic E-state index is 12.5. The summed E-state index contributed by atoms with van der Waals surface area (Å²) in [4.78, 5) is 26.5. The minimum Gasteiger partial charge on any atom is -0.325 e. The van der Waals surface area contributed by atoms with Gasteiger partial charge in [-0.05, 0) is 59.6 Å². The zero-order chi connectivity index (χ0) is 17.3. The molecule has 0 spiro atoms. The van der Waals surface area contributed by atoms with Crippen LogP contribution in [0, 0.1) is 19.8 Å². The van der Waals surface area contributed by atoms with Crippen LogP contribution in [-0.2, 0) is 9.59 Å². The molecule has 5 heteroatoms. The van der Waals surface area contributed by atoms with E-state index >= 15 is 0 Å². The highest BCUT2D eigenvalue weighted by Gasteiger charge is 2.35. The SMILES string of the molecule is Cc1ccc(N2C[C@@H](C(=O)Nc3ccc(C)cc3Br)CC2=O)cc1. The number of aryl methyl sites for hydroxylation is 2. The van der Waals surface area contributed by atoms with Crippen molar-refractivity contribution in [3.8, 4) is 0 Å². The Balaban J connectivity index is 1.70. The van der Waals surface area contributed by atoms with E-state index in [4.69, 9.17) is 0 Å². The van der Waals surface area contributed by atoms with Gasteiger partial charge in [0.05, 0.1) is 11.6 Å². The number of benzene rings is 2. The van der Waals surface area contributed by atoms with E-state index in [-0.39, 0.29) is 24.2 Å². The van der Waals surface area contributed by atoms with Gasteiger partial charge < -0.3 is 10.2 Å². The molecule has 1 aliphatic rings. The normalized spacial score (nSPS) is 17.2. The van der Waals surface area contributed by atoms with Crippen molar-refractivity contribution in [3.63, 3.8) is 0 Å². The minimum atomic E-state index is -0.341. The number of carbonyl (C=O) groups is 2. The fourth-order valence-corrected chi connectivity index (χ4v) is 3.41. The van der Waals surface area contributed by atoms with Crippen LogP contribution in [0.4, 0.5) is 11.4 Å². The van der Waals surface area contributed by atoms with Gasteiger partial charge in [-0.2, -0.15) is 0 Å². The Morgan fingerprint density at radius 3 is 2.46 bits per heavy atom. The van der Waals surface area contributed by atoms with Crippen LogP contribution >= 0.6 is 15.9 Å². The number of hydrogen-bond acceptors (Lipinski definition) is 2. The Kier molecular flexibility index (Phi) is 4.71. The molecule has 2 aromatic carbocycles. The molecular weight excluding hydrogens is 368 g/mol. The van der Waals surface area contributed by atoms with E-state index < -0.39 is 0 Å². The number of carbonyl (C=O) groups excluding carboxylic acids is 2. The molecule has 1 fully saturated rings. The highest BCUT2D eigenvalue weighted by molar-refractivity contribution is 9.10. The van der Waals surface area contributed by atoms with E-state index in [0.717, 1.165) is 27.0 Å². The van der Waals surface area contributed by atoms with Crippen LogP contribution in [0.1, 0.15) is 17.5 Å². The van der Waals surface area contributed by atoms with Gasteiger partial charge in [0.25, 0.3) is 0 Å². The van der Waals surface area contributed by atoms with Crippen molar-refractivity contribution in [2.75, 3.05) is 16.8 Å². The van der Waals surface area contributed by atoms with Crippen LogP contribution in [0.5, 0.6) is 0 Å². The van der Waals surface area contributed by atoms with Crippen molar-refractivity contribution in [2.45, 2.75) is 20.3 Å². The van der Waals surface area contributed by atoms with E-state index in [1.807, 2.05) is 56.3 Å². The Labute approximate surface area is 150 Å². The van der Waals surface area contributed by atoms with E-state index in [2.05, 4.69) is 21.2 Å². The predicted octanol–water partition coefficient (Wildman–Crippen LogP) is 4.06. The molecule has 4 nitrogen and oxygen atoms in total. The van der Waals surface area contributed by atoms with Crippen LogP contribution in [0.25, 0.3) is 0 Å². The van der Waals surface area contributed by atoms with Crippen molar-refractivity contribution >= 4 is 39.1 Å². The molecule has 24 heavy (non-hydrogen) atoms. The zero-order valence-corrected chi connectivity index (χ0v) is 15.3. The van der Waals surface area contributed by atoms with E-state index in [0.29, 0.717) is 6.54 Å². The van der Waals surface area contributed by atoms with Gasteiger partial charge in [0.1, 0.15) is 0 Å². The number of anilines is 2. The summed E-state index contributed by atoms with van der Waals surface area (Å²) in [5.41, 5.74) is 3.83. The molecule has 0 aromatic heterocycles. The standard InChI is InChI=1S/C19H19BrN2O2/c1-12-3-6-15(7-4-12)22-11-14(10-18(22)23)19(24)21-17-8-5-13(2)9-16(17)20/h3-9,14H,10-11H2,1-2H3,(H,21,24)/t14-/m0/s1. The van der Waals surface area contributed by atoms with E-state index in [9.17, 15) is 9.59 Å². The van der Waals surface area contributed by atoms with E-state index in [1.165, 1.54) is 0 Å². The van der Waals surface area contributed by atoms with Gasteiger partial charge in [-0.1, -0.05) is 23.8 Å². The van der Waals surface area contributed by atoms with Gasteiger partial charge in [-0.3, -0.25) is 9.59 Å². The number of rotatable bonds is 3. The summed E-state index contributed by atoms with van der Waals surface area (Å²) in [6, 6.07) is 13.5. The maximum atomic E-state index is 12.5. The quantitative estimate of drug-likeness (QED) is 0.864. The minimum absolute atomic E-state index is 0.0121. The second-order valence-corrected chi connectivity index (χ2v) is 7.07. The number of halogens is 1. The molecule has 0 aliphatic carbocycles. The Hall–Kier alpha value is -2.14. The highest BCUT2D eigenvalue weighted by atomic mass is 79.9. The maximum Gasteiger partial charge on any atom is 0.229 e. The summed E-state index contributed by atoms with van der Waals surface area (Å²) >= 11 is 3.46. The molecule has 3 rings (SSSR count). The largest absolute Gasteiger partial charge is 0.325 e. The predicted molar refractivity (Wildman–Crippen MR) is 99.1 cm³/mol. The lowest BCUT2D eigenvalue weighted by molar-refractivity contribution is -0.122. The Morgan fingerprint density at radius 1 is 1.12 bits per heavy atom. The van der Waals surface area contributed by atoms with Crippen molar-refractivity contribution in [2.24, 2.45) is 5.92 Å². The number of nitrogens with one attached hydrogen (secondary N) is 1. The smallest absolute Gasteiger partial charge is 0.229 e. The van der Waals surface area contributed by atoms with Crippen LogP contribution < -0.4 is 10.2 Å². The van der Waals surface area contributed by atoms with Gasteiger partial charge in [0.15, 0.2) is 0 Å². The lowest BCUT2D eigenvalue weighted by Crippen LogP contribution is -2.28. The van der Waals surface area contributed by atoms with Crippen LogP contribution in [0.15, 0.2) is 46.9 Å². The third-order valence-corrected chi connectivity index (χ3v) is 4.88. The average molecular weight is 387 g/mol. The molecule has 124 valence electrons. The first-order chi connectivity index (χ1) is 11.4. The third-order valence-electron chi connectivity index (χ3n) is 4.22. The van der Waals surface area contributed by atoms with Gasteiger partial charge in [0, 0.05) is 23.1 Å². The number of nitrogens with zero attached hydrogens (tertiary/aromatic N) is 1. The second kappa shape index (κ2) is 6.77. The fraction of sp³-hybridized carbons (Fsp3) is 0.263. The summed E-state index contributed by atoms with van der Waals surface area (Å²) in [7, 11) is 0. The molecule has 1 N–H and O–H groups in total. The van der Waals surface area contributed by atoms with Crippen molar-refractivity contribution in [1.82, 2.24) is 0 Å². The van der Waals surface area contributed by atoms with Crippen LogP contribution in [0.3, 0.4) is 0 Å². The monoisotopic (exact) mass is 386 g/mol. The summed E-state index contributed by atoms with van der Waals surface area (Å²) in [5.74, 6) is -0.475. The molecule has 0 saturated carbocycles. The molecule has 0 radical (unpaired) electrons. The van der Waals surface area contributed by atoms with Gasteiger partial charge >= 0.3 is 0 Å². The van der Waals surface area contributed by atoms with Crippen molar-refractivity contribution in [3.05, 3.63) is 58.1 Å². The first-order valence-electron chi connectivity index (χ1n) is 7.88. The molecule has 1 atom stereocenters. The lowest BCUT2D eigenvalue weighted by atomic mass is 10.1. The Bertz CT molecular complexity index is 786. The first kappa shape index (κ1) is 16.7. The van der Waals surface area contributed by atoms with Crippen LogP contribution in [0.2, 0.25) is 0 Å². The molecule has 0 bridgehead atoms. The average Bonchev–Trinajstić information content (AvgIpc) is 2.93. The van der Waals surface area contributed by atoms with Crippen LogP contribution in [-0.4, -0.2) is 18.4 Å². The van der Waals surface area contributed by atoms with Crippen molar-refractivity contribution < 1.29 is 9.59 Å². The molecule has 2 amide bonds. The number of hydrogen-bond donors (Lipinski definition) is 1. The van der Waals surface area contributed by atoms with Gasteiger partial charge in [0.2, 0.25) is 11.8 Å². The van der Waals surface area contributed by atoms with E-state index in [1.54, 1.807) is 4.90 Å². The first-order valence-corrected chi connectivity index (χ1v) is 8.67. The third kappa shape index (κ3) is 3.51.